The number of rotatable bonds is 10. The Balaban J connectivity index is 1.24. The van der Waals surface area contributed by atoms with Crippen molar-refractivity contribution in [3.05, 3.63) is 45.5 Å². The van der Waals surface area contributed by atoms with Crippen LogP contribution in [-0.4, -0.2) is 53.5 Å². The summed E-state index contributed by atoms with van der Waals surface area (Å²) in [5.41, 5.74) is 0.668. The molecule has 2 amide bonds. The molecule has 0 bridgehead atoms. The Labute approximate surface area is 240 Å². The fourth-order valence-electron chi connectivity index (χ4n) is 6.04. The van der Waals surface area contributed by atoms with Gasteiger partial charge in [0, 0.05) is 32.1 Å². The Morgan fingerprint density at radius 1 is 1.05 bits per heavy atom. The van der Waals surface area contributed by atoms with Gasteiger partial charge in [0.15, 0.2) is 10.8 Å². The third kappa shape index (κ3) is 6.29. The molecule has 0 unspecified atom stereocenters. The van der Waals surface area contributed by atoms with Crippen LogP contribution in [-0.2, 0) is 4.79 Å². The number of alkyl halides is 4. The molecule has 2 N–H and O–H groups in total. The fraction of sp³-hybridized carbons (Fsp3) is 0.615. The van der Waals surface area contributed by atoms with Crippen LogP contribution in [0.3, 0.4) is 0 Å². The first-order valence-corrected chi connectivity index (χ1v) is 14.1. The predicted molar refractivity (Wildman–Crippen MR) is 137 cm³/mol. The predicted octanol–water partition coefficient (Wildman–Crippen LogP) is 4.32. The smallest absolute Gasteiger partial charge is 0.358 e. The quantitative estimate of drug-likeness (QED) is 0.193. The van der Waals surface area contributed by atoms with Gasteiger partial charge in [-0.2, -0.15) is 5.10 Å². The van der Waals surface area contributed by atoms with Crippen molar-refractivity contribution >= 4 is 23.3 Å². The van der Waals surface area contributed by atoms with Crippen LogP contribution in [0, 0.1) is 27.9 Å². The highest BCUT2D eigenvalue weighted by molar-refractivity contribution is 5.95. The molecule has 3 aromatic rings. The van der Waals surface area contributed by atoms with Crippen LogP contribution in [0.25, 0.3) is 5.65 Å². The Morgan fingerprint density at radius 3 is 2.40 bits per heavy atom. The summed E-state index contributed by atoms with van der Waals surface area (Å²) < 4.78 is 60.2. The number of halogens is 4. The number of hydrogen-bond acceptors (Lipinski definition) is 9. The zero-order valence-electron chi connectivity index (χ0n) is 22.7. The van der Waals surface area contributed by atoms with Gasteiger partial charge in [-0.05, 0) is 65.1 Å². The number of nitrogens with one attached hydrogen (secondary N) is 2. The SMILES string of the molecule is O=C(CC1CC(F)(F)C1)N[C@@H](c1cnn2cc([C@@H](NC(=O)c3nonc3[N+](=O)[O-])C3CCC(F)(F)CC3)nc2c1)C1CC1. The second-order valence-corrected chi connectivity index (χ2v) is 11.8. The molecule has 3 aromatic heterocycles. The maximum Gasteiger partial charge on any atom is 0.447 e. The Hall–Kier alpha value is -4.18. The highest BCUT2D eigenvalue weighted by Gasteiger charge is 2.46. The number of carbonyl (C=O) groups is 2. The van der Waals surface area contributed by atoms with E-state index in [-0.39, 0.29) is 55.9 Å². The van der Waals surface area contributed by atoms with Crippen LogP contribution in [0.4, 0.5) is 23.4 Å². The molecule has 0 saturated heterocycles. The fourth-order valence-corrected chi connectivity index (χ4v) is 6.04. The minimum Gasteiger partial charge on any atom is -0.358 e. The monoisotopic (exact) mass is 608 g/mol. The van der Waals surface area contributed by atoms with E-state index in [0.29, 0.717) is 16.9 Å². The van der Waals surface area contributed by atoms with Crippen molar-refractivity contribution < 1.29 is 36.7 Å². The van der Waals surface area contributed by atoms with Crippen LogP contribution < -0.4 is 10.6 Å². The average Bonchev–Trinajstić information content (AvgIpc) is 3.47. The summed E-state index contributed by atoms with van der Waals surface area (Å²) in [6.07, 6.45) is 3.61. The third-order valence-electron chi connectivity index (χ3n) is 8.48. The molecular weight excluding hydrogens is 580 g/mol. The van der Waals surface area contributed by atoms with Crippen molar-refractivity contribution in [2.24, 2.45) is 17.8 Å². The van der Waals surface area contributed by atoms with Gasteiger partial charge in [0.2, 0.25) is 17.8 Å². The van der Waals surface area contributed by atoms with Gasteiger partial charge >= 0.3 is 5.82 Å². The van der Waals surface area contributed by atoms with Crippen LogP contribution in [0.2, 0.25) is 0 Å². The molecule has 43 heavy (non-hydrogen) atoms. The largest absolute Gasteiger partial charge is 0.447 e. The first kappa shape index (κ1) is 28.9. The van der Waals surface area contributed by atoms with Gasteiger partial charge in [-0.25, -0.2) is 27.1 Å². The van der Waals surface area contributed by atoms with Crippen molar-refractivity contribution in [3.8, 4) is 0 Å². The van der Waals surface area contributed by atoms with E-state index in [1.807, 2.05) is 0 Å². The zero-order chi connectivity index (χ0) is 30.5. The maximum absolute atomic E-state index is 14.0. The maximum atomic E-state index is 14.0. The summed E-state index contributed by atoms with van der Waals surface area (Å²) in [6, 6.07) is 0.420. The van der Waals surface area contributed by atoms with Crippen LogP contribution in [0.15, 0.2) is 23.1 Å². The molecule has 3 heterocycles. The molecule has 0 aliphatic heterocycles. The van der Waals surface area contributed by atoms with Gasteiger partial charge in [-0.15, -0.1) is 4.63 Å². The minimum atomic E-state index is -2.84. The van der Waals surface area contributed by atoms with E-state index in [2.05, 4.69) is 35.7 Å². The second-order valence-electron chi connectivity index (χ2n) is 11.8. The van der Waals surface area contributed by atoms with Crippen LogP contribution in [0.1, 0.15) is 91.6 Å². The van der Waals surface area contributed by atoms with E-state index >= 15 is 0 Å². The first-order chi connectivity index (χ1) is 20.4. The van der Waals surface area contributed by atoms with E-state index in [9.17, 15) is 37.3 Å². The molecule has 3 aliphatic rings. The van der Waals surface area contributed by atoms with Gasteiger partial charge in [0.1, 0.15) is 0 Å². The molecule has 3 aliphatic carbocycles. The van der Waals surface area contributed by atoms with Gasteiger partial charge in [0.05, 0.1) is 30.2 Å². The van der Waals surface area contributed by atoms with Crippen LogP contribution in [0.5, 0.6) is 0 Å². The molecule has 0 spiro atoms. The summed E-state index contributed by atoms with van der Waals surface area (Å²) >= 11 is 0. The molecule has 17 heteroatoms. The highest BCUT2D eigenvalue weighted by atomic mass is 19.3. The average molecular weight is 609 g/mol. The lowest BCUT2D eigenvalue weighted by atomic mass is 9.79. The third-order valence-corrected chi connectivity index (χ3v) is 8.48. The Kier molecular flexibility index (Phi) is 7.28. The second kappa shape index (κ2) is 10.8. The highest BCUT2D eigenvalue weighted by Crippen LogP contribution is 2.45. The molecule has 6 rings (SSSR count). The summed E-state index contributed by atoms with van der Waals surface area (Å²) in [7, 11) is 0. The van der Waals surface area contributed by atoms with Gasteiger partial charge in [-0.3, -0.25) is 9.59 Å². The summed E-state index contributed by atoms with van der Waals surface area (Å²) in [5, 5.41) is 27.7. The number of carbonyl (C=O) groups excluding carboxylic acids is 2. The number of nitro groups is 1. The minimum absolute atomic E-state index is 0.0169. The van der Waals surface area contributed by atoms with Crippen molar-refractivity contribution in [1.29, 1.82) is 0 Å². The lowest BCUT2D eigenvalue weighted by molar-refractivity contribution is -0.391. The molecule has 3 fully saturated rings. The normalized spacial score (nSPS) is 21.6. The van der Waals surface area contributed by atoms with Crippen molar-refractivity contribution in [2.45, 2.75) is 81.7 Å². The molecular formula is C26H28F4N8O5. The number of hydrogen-bond donors (Lipinski definition) is 2. The van der Waals surface area contributed by atoms with E-state index in [1.165, 1.54) is 10.7 Å². The summed E-state index contributed by atoms with van der Waals surface area (Å²) in [6.45, 7) is 0. The number of nitrogens with zero attached hydrogens (tertiary/aromatic N) is 6. The van der Waals surface area contributed by atoms with E-state index in [0.717, 1.165) is 12.8 Å². The van der Waals surface area contributed by atoms with E-state index in [4.69, 9.17) is 0 Å². The lowest BCUT2D eigenvalue weighted by Gasteiger charge is -2.34. The summed E-state index contributed by atoms with van der Waals surface area (Å²) in [5.74, 6) is -8.37. The number of fused-ring (bicyclic) bond motifs is 1. The van der Waals surface area contributed by atoms with Crippen molar-refractivity contribution in [2.75, 3.05) is 0 Å². The Morgan fingerprint density at radius 2 is 1.74 bits per heavy atom. The van der Waals surface area contributed by atoms with E-state index in [1.54, 1.807) is 12.3 Å². The number of aromatic nitrogens is 5. The molecule has 0 radical (unpaired) electrons. The topological polar surface area (TPSA) is 170 Å². The lowest BCUT2D eigenvalue weighted by Crippen LogP contribution is -2.39. The standard InChI is InChI=1S/C26H28F4N8O5/c27-25(28)5-3-15(4-6-25)21(34-24(40)22-23(38(41)42)36-43-35-22)17-12-37-18(32-17)8-16(11-31-37)20(14-1-2-14)33-19(39)7-13-9-26(29,30)10-13/h8,11-15,20-21H,1-7,9-10H2,(H,33,39)(H,34,40)/t20-,21+/m1/s1. The first-order valence-electron chi connectivity index (χ1n) is 14.1. The number of amides is 2. The Bertz CT molecular complexity index is 1540. The zero-order valence-corrected chi connectivity index (χ0v) is 22.7. The van der Waals surface area contributed by atoms with E-state index < -0.39 is 59.0 Å². The molecule has 3 saturated carbocycles. The van der Waals surface area contributed by atoms with Gasteiger partial charge in [-0.1, -0.05) is 0 Å². The van der Waals surface area contributed by atoms with Crippen LogP contribution >= 0.6 is 0 Å². The van der Waals surface area contributed by atoms with Crippen molar-refractivity contribution in [3.63, 3.8) is 0 Å². The molecule has 0 aromatic carbocycles. The van der Waals surface area contributed by atoms with Crippen molar-refractivity contribution in [1.82, 2.24) is 35.5 Å². The molecule has 230 valence electrons. The van der Waals surface area contributed by atoms with Gasteiger partial charge in [0.25, 0.3) is 11.6 Å². The summed E-state index contributed by atoms with van der Waals surface area (Å²) in [4.78, 5) is 40.6. The molecule has 2 atom stereocenters. The number of imidazole rings is 1. The van der Waals surface area contributed by atoms with Gasteiger partial charge < -0.3 is 20.7 Å². The molecule has 13 nitrogen and oxygen atoms in total.